The molecule has 126 valence electrons. The fourth-order valence-electron chi connectivity index (χ4n) is 2.18. The Hall–Kier alpha value is -0.240. The second-order valence-corrected chi connectivity index (χ2v) is 6.15. The van der Waals surface area contributed by atoms with Gasteiger partial charge in [0, 0.05) is 19.3 Å². The zero-order chi connectivity index (χ0) is 16.0. The molecule has 0 aromatic rings. The molecule has 1 heterocycles. The van der Waals surface area contributed by atoms with Gasteiger partial charge in [0.25, 0.3) is 0 Å². The van der Waals surface area contributed by atoms with Crippen LogP contribution in [-0.2, 0) is 29.3 Å². The van der Waals surface area contributed by atoms with Crippen LogP contribution in [0, 0.1) is 0 Å². The molecule has 21 heavy (non-hydrogen) atoms. The first-order valence-corrected chi connectivity index (χ1v) is 7.91. The highest BCUT2D eigenvalue weighted by Gasteiger charge is 2.42. The first-order valence-electron chi connectivity index (χ1n) is 7.91. The van der Waals surface area contributed by atoms with Crippen molar-refractivity contribution in [2.45, 2.75) is 97.4 Å². The van der Waals surface area contributed by atoms with Gasteiger partial charge in [-0.05, 0) is 20.8 Å². The summed E-state index contributed by atoms with van der Waals surface area (Å²) in [7, 11) is 0. The van der Waals surface area contributed by atoms with E-state index in [2.05, 4.69) is 0 Å². The first-order chi connectivity index (χ1) is 9.80. The lowest BCUT2D eigenvalue weighted by Crippen LogP contribution is -2.38. The Balaban J connectivity index is 2.91. The van der Waals surface area contributed by atoms with Gasteiger partial charge in [0.1, 0.15) is 0 Å². The normalized spacial score (nSPS) is 38.6. The van der Waals surface area contributed by atoms with E-state index in [0.717, 1.165) is 19.3 Å². The van der Waals surface area contributed by atoms with Crippen molar-refractivity contribution in [1.29, 1.82) is 0 Å². The zero-order valence-corrected chi connectivity index (χ0v) is 14.2. The fraction of sp³-hybridized carbons (Fsp3) is 1.00. The summed E-state index contributed by atoms with van der Waals surface area (Å²) >= 11 is 0. The van der Waals surface area contributed by atoms with Gasteiger partial charge in [0.05, 0.1) is 0 Å². The van der Waals surface area contributed by atoms with Gasteiger partial charge in [-0.2, -0.15) is 29.3 Å². The Morgan fingerprint density at radius 1 is 0.476 bits per heavy atom. The molecule has 0 radical (unpaired) electrons. The molecule has 0 aromatic heterocycles. The average Bonchev–Trinajstić information content (AvgIpc) is 2.46. The molecule has 1 aliphatic rings. The summed E-state index contributed by atoms with van der Waals surface area (Å²) in [4.78, 5) is 32.9. The van der Waals surface area contributed by atoms with E-state index < -0.39 is 17.4 Å². The molecule has 0 atom stereocenters. The maximum absolute atomic E-state index is 5.48. The Bertz CT molecular complexity index is 247. The van der Waals surface area contributed by atoms with Crippen molar-refractivity contribution in [1.82, 2.24) is 0 Å². The predicted octanol–water partition coefficient (Wildman–Crippen LogP) is 4.39. The van der Waals surface area contributed by atoms with Crippen LogP contribution in [0.1, 0.15) is 80.1 Å². The Morgan fingerprint density at radius 2 is 0.667 bits per heavy atom. The quantitative estimate of drug-likeness (QED) is 0.678. The SMILES string of the molecule is CCCC1(C)OOC(C)(CCC)OOC(C)(CCC)OO1. The second-order valence-electron chi connectivity index (χ2n) is 6.15. The summed E-state index contributed by atoms with van der Waals surface area (Å²) in [5.74, 6) is -3.01. The van der Waals surface area contributed by atoms with Crippen molar-refractivity contribution in [2.75, 3.05) is 0 Å². The van der Waals surface area contributed by atoms with Gasteiger partial charge < -0.3 is 0 Å². The summed E-state index contributed by atoms with van der Waals surface area (Å²) in [6.07, 6.45) is 4.45. The molecule has 0 N–H and O–H groups in total. The van der Waals surface area contributed by atoms with Crippen LogP contribution in [0.15, 0.2) is 0 Å². The molecule has 0 aliphatic carbocycles. The smallest absolute Gasteiger partial charge is 0.195 e. The number of hydrogen-bond acceptors (Lipinski definition) is 6. The van der Waals surface area contributed by atoms with Gasteiger partial charge in [0.2, 0.25) is 17.4 Å². The van der Waals surface area contributed by atoms with E-state index >= 15 is 0 Å². The summed E-state index contributed by atoms with van der Waals surface area (Å²) < 4.78 is 0. The third kappa shape index (κ3) is 5.81. The molecule has 1 aliphatic heterocycles. The minimum Gasteiger partial charge on any atom is -0.195 e. The molecule has 0 aromatic carbocycles. The van der Waals surface area contributed by atoms with Crippen LogP contribution < -0.4 is 0 Å². The largest absolute Gasteiger partial charge is 0.231 e. The molecule has 0 unspecified atom stereocenters. The van der Waals surface area contributed by atoms with Crippen LogP contribution in [0.5, 0.6) is 0 Å². The molecule has 0 saturated carbocycles. The van der Waals surface area contributed by atoms with E-state index in [1.54, 1.807) is 20.8 Å². The van der Waals surface area contributed by atoms with Gasteiger partial charge in [0.15, 0.2) is 0 Å². The molecule has 6 nitrogen and oxygen atoms in total. The zero-order valence-electron chi connectivity index (χ0n) is 14.2. The van der Waals surface area contributed by atoms with Gasteiger partial charge in [-0.15, -0.1) is 0 Å². The van der Waals surface area contributed by atoms with Crippen LogP contribution in [0.2, 0.25) is 0 Å². The topological polar surface area (TPSA) is 55.4 Å². The lowest BCUT2D eigenvalue weighted by atomic mass is 10.2. The lowest BCUT2D eigenvalue weighted by Gasteiger charge is -2.30. The maximum Gasteiger partial charge on any atom is 0.231 e. The summed E-state index contributed by atoms with van der Waals surface area (Å²) in [5.41, 5.74) is 0. The Kier molecular flexibility index (Phi) is 7.03. The molecule has 0 amide bonds. The van der Waals surface area contributed by atoms with E-state index in [1.165, 1.54) is 0 Å². The van der Waals surface area contributed by atoms with Gasteiger partial charge in [-0.1, -0.05) is 40.0 Å². The highest BCUT2D eigenvalue weighted by molar-refractivity contribution is 4.65. The van der Waals surface area contributed by atoms with Crippen LogP contribution in [-0.4, -0.2) is 17.4 Å². The molecule has 1 fully saturated rings. The highest BCUT2D eigenvalue weighted by Crippen LogP contribution is 2.34. The number of rotatable bonds is 6. The second kappa shape index (κ2) is 7.85. The van der Waals surface area contributed by atoms with Crippen molar-refractivity contribution in [3.63, 3.8) is 0 Å². The summed E-state index contributed by atoms with van der Waals surface area (Å²) in [5, 5.41) is 0. The summed E-state index contributed by atoms with van der Waals surface area (Å²) in [6.45, 7) is 11.4. The molecule has 0 spiro atoms. The third-order valence-electron chi connectivity index (χ3n) is 3.30. The predicted molar refractivity (Wildman–Crippen MR) is 76.4 cm³/mol. The highest BCUT2D eigenvalue weighted by atomic mass is 17.4. The van der Waals surface area contributed by atoms with Gasteiger partial charge in [-0.3, -0.25) is 0 Å². The molecule has 1 rings (SSSR count). The molecular weight excluding hydrogens is 276 g/mol. The Morgan fingerprint density at radius 3 is 0.810 bits per heavy atom. The minimum absolute atomic E-state index is 0.622. The monoisotopic (exact) mass is 306 g/mol. The van der Waals surface area contributed by atoms with E-state index in [9.17, 15) is 0 Å². The van der Waals surface area contributed by atoms with Crippen molar-refractivity contribution >= 4 is 0 Å². The maximum atomic E-state index is 5.48. The third-order valence-corrected chi connectivity index (χ3v) is 3.30. The Labute approximate surface area is 127 Å². The first kappa shape index (κ1) is 18.8. The van der Waals surface area contributed by atoms with Crippen molar-refractivity contribution in [2.24, 2.45) is 0 Å². The van der Waals surface area contributed by atoms with Gasteiger partial charge >= 0.3 is 0 Å². The standard InChI is InChI=1S/C15H30O6/c1-7-10-13(4)16-18-14(5,11-8-2)20-21-15(6,12-9-3)19-17-13/h7-12H2,1-6H3. The van der Waals surface area contributed by atoms with E-state index in [4.69, 9.17) is 29.3 Å². The van der Waals surface area contributed by atoms with Crippen molar-refractivity contribution in [3.8, 4) is 0 Å². The number of hydrogen-bond donors (Lipinski definition) is 0. The molecular formula is C15H30O6. The van der Waals surface area contributed by atoms with E-state index in [1.807, 2.05) is 20.8 Å². The lowest BCUT2D eigenvalue weighted by molar-refractivity contribution is -0.543. The van der Waals surface area contributed by atoms with Crippen molar-refractivity contribution in [3.05, 3.63) is 0 Å². The summed E-state index contributed by atoms with van der Waals surface area (Å²) in [6, 6.07) is 0. The van der Waals surface area contributed by atoms with Crippen LogP contribution >= 0.6 is 0 Å². The molecule has 6 heteroatoms. The van der Waals surface area contributed by atoms with E-state index in [-0.39, 0.29) is 0 Å². The van der Waals surface area contributed by atoms with E-state index in [0.29, 0.717) is 19.3 Å². The fourth-order valence-corrected chi connectivity index (χ4v) is 2.18. The van der Waals surface area contributed by atoms with Crippen LogP contribution in [0.25, 0.3) is 0 Å². The molecule has 0 bridgehead atoms. The van der Waals surface area contributed by atoms with Crippen molar-refractivity contribution < 1.29 is 29.3 Å². The van der Waals surface area contributed by atoms with Crippen LogP contribution in [0.4, 0.5) is 0 Å². The van der Waals surface area contributed by atoms with Crippen LogP contribution in [0.3, 0.4) is 0 Å². The van der Waals surface area contributed by atoms with Gasteiger partial charge in [-0.25, -0.2) is 0 Å². The minimum atomic E-state index is -1.00. The average molecular weight is 306 g/mol. The molecule has 1 saturated heterocycles.